The molecule has 5 heteroatoms. The Morgan fingerprint density at radius 3 is 2.31 bits per heavy atom. The van der Waals surface area contributed by atoms with Crippen LogP contribution in [0.3, 0.4) is 0 Å². The van der Waals surface area contributed by atoms with E-state index in [0.29, 0.717) is 0 Å². The van der Waals surface area contributed by atoms with Gasteiger partial charge < -0.3 is 21.3 Å². The lowest BCUT2D eigenvalue weighted by Crippen LogP contribution is -2.26. The second-order valence-corrected chi connectivity index (χ2v) is 3.16. The van der Waals surface area contributed by atoms with Crippen molar-refractivity contribution < 1.29 is 14.6 Å². The van der Waals surface area contributed by atoms with Gasteiger partial charge in [0.15, 0.2) is 0 Å². The average Bonchev–Trinajstić information content (AvgIpc) is 2.31. The highest BCUT2D eigenvalue weighted by Crippen LogP contribution is 2.00. The smallest absolute Gasteiger partial charge is 0.404 e. The van der Waals surface area contributed by atoms with Gasteiger partial charge in [0, 0.05) is 6.04 Å². The van der Waals surface area contributed by atoms with E-state index in [0.717, 1.165) is 6.42 Å². The first kappa shape index (κ1) is 14.4. The number of aliphatic hydroxyl groups excluding tert-OH is 1. The molecule has 90 valence electrons. The number of primary amides is 1. The Labute approximate surface area is 95.0 Å². The fourth-order valence-corrected chi connectivity index (χ4v) is 0.981. The third-order valence-electron chi connectivity index (χ3n) is 1.78. The van der Waals surface area contributed by atoms with Crippen molar-refractivity contribution in [3.8, 4) is 0 Å². The third-order valence-corrected chi connectivity index (χ3v) is 1.78. The summed E-state index contributed by atoms with van der Waals surface area (Å²) in [5.41, 5.74) is 11.2. The zero-order valence-electron chi connectivity index (χ0n) is 9.30. The predicted octanol–water partition coefficient (Wildman–Crippen LogP) is 0.260. The van der Waals surface area contributed by atoms with Crippen LogP contribution in [0.4, 0.5) is 4.79 Å². The van der Waals surface area contributed by atoms with Crippen molar-refractivity contribution in [1.82, 2.24) is 0 Å². The van der Waals surface area contributed by atoms with Gasteiger partial charge in [-0.25, -0.2) is 4.79 Å². The summed E-state index contributed by atoms with van der Waals surface area (Å²) in [7, 11) is 1.22. The fraction of sp³-hybridized carbons (Fsp3) is 0.364. The van der Waals surface area contributed by atoms with Crippen molar-refractivity contribution in [1.29, 1.82) is 0 Å². The molecule has 0 radical (unpaired) electrons. The molecule has 5 N–H and O–H groups in total. The average molecular weight is 226 g/mol. The first-order chi connectivity index (χ1) is 7.60. The lowest BCUT2D eigenvalue weighted by Gasteiger charge is -2.06. The highest BCUT2D eigenvalue weighted by Gasteiger charge is 1.99. The van der Waals surface area contributed by atoms with E-state index in [9.17, 15) is 4.79 Å². The summed E-state index contributed by atoms with van der Waals surface area (Å²) in [6.07, 6.45) is 0.00199. The fourth-order valence-electron chi connectivity index (χ4n) is 0.981. The van der Waals surface area contributed by atoms with Crippen molar-refractivity contribution in [2.75, 3.05) is 13.7 Å². The van der Waals surface area contributed by atoms with Crippen LogP contribution in [0.15, 0.2) is 30.3 Å². The van der Waals surface area contributed by atoms with Crippen LogP contribution in [0.2, 0.25) is 0 Å². The number of hydrogen-bond donors (Lipinski definition) is 3. The van der Waals surface area contributed by atoms with E-state index in [2.05, 4.69) is 10.5 Å². The van der Waals surface area contributed by atoms with Gasteiger partial charge in [0.1, 0.15) is 0 Å². The molecule has 1 aromatic rings. The Balaban J connectivity index is 0.000000385. The molecule has 1 rings (SSSR count). The number of amides is 1. The second-order valence-electron chi connectivity index (χ2n) is 3.16. The van der Waals surface area contributed by atoms with Gasteiger partial charge in [0.05, 0.1) is 13.7 Å². The number of aliphatic hydroxyl groups is 1. The number of benzene rings is 1. The van der Waals surface area contributed by atoms with Crippen molar-refractivity contribution >= 4 is 6.09 Å². The first-order valence-corrected chi connectivity index (χ1v) is 4.84. The SMILES string of the molecule is COC(N)=O.NC(CO)Cc1ccccc1. The predicted molar refractivity (Wildman–Crippen MR) is 61.8 cm³/mol. The van der Waals surface area contributed by atoms with Crippen LogP contribution in [-0.4, -0.2) is 31.0 Å². The summed E-state index contributed by atoms with van der Waals surface area (Å²) in [4.78, 5) is 9.37. The molecule has 1 aromatic carbocycles. The monoisotopic (exact) mass is 226 g/mol. The second kappa shape index (κ2) is 8.70. The number of hydrogen-bond acceptors (Lipinski definition) is 4. The summed E-state index contributed by atoms with van der Waals surface area (Å²) in [5.74, 6) is 0. The zero-order valence-corrected chi connectivity index (χ0v) is 9.30. The van der Waals surface area contributed by atoms with E-state index in [1.807, 2.05) is 30.3 Å². The first-order valence-electron chi connectivity index (χ1n) is 4.84. The van der Waals surface area contributed by atoms with Crippen LogP contribution in [0.5, 0.6) is 0 Å². The Morgan fingerprint density at radius 2 is 1.94 bits per heavy atom. The maximum Gasteiger partial charge on any atom is 0.404 e. The van der Waals surface area contributed by atoms with Gasteiger partial charge >= 0.3 is 6.09 Å². The number of ether oxygens (including phenoxy) is 1. The molecule has 5 nitrogen and oxygen atoms in total. The number of carbonyl (C=O) groups excluding carboxylic acids is 1. The minimum absolute atomic E-state index is 0.0505. The lowest BCUT2D eigenvalue weighted by molar-refractivity contribution is 0.182. The van der Waals surface area contributed by atoms with E-state index in [1.54, 1.807) is 0 Å². The number of carbonyl (C=O) groups is 1. The Morgan fingerprint density at radius 1 is 1.44 bits per heavy atom. The maximum atomic E-state index is 9.37. The molecule has 16 heavy (non-hydrogen) atoms. The molecule has 1 amide bonds. The summed E-state index contributed by atoms with van der Waals surface area (Å²) in [5, 5.41) is 8.67. The summed E-state index contributed by atoms with van der Waals surface area (Å²) in [6.45, 7) is 0.0505. The summed E-state index contributed by atoms with van der Waals surface area (Å²) in [6, 6.07) is 9.80. The molecule has 0 fully saturated rings. The Kier molecular flexibility index (Phi) is 7.83. The quantitative estimate of drug-likeness (QED) is 0.688. The van der Waals surface area contributed by atoms with Crippen LogP contribution < -0.4 is 11.5 Å². The summed E-state index contributed by atoms with van der Waals surface area (Å²) >= 11 is 0. The molecule has 1 atom stereocenters. The molecule has 0 aliphatic rings. The topological polar surface area (TPSA) is 98.6 Å². The molecule has 0 spiro atoms. The molecule has 0 aromatic heterocycles. The van der Waals surface area contributed by atoms with E-state index < -0.39 is 6.09 Å². The molecule has 1 unspecified atom stereocenters. The van der Waals surface area contributed by atoms with Crippen LogP contribution in [0, 0.1) is 0 Å². The van der Waals surface area contributed by atoms with Gasteiger partial charge in [0.25, 0.3) is 0 Å². The van der Waals surface area contributed by atoms with Gasteiger partial charge in [-0.1, -0.05) is 30.3 Å². The molecule has 0 bridgehead atoms. The maximum absolute atomic E-state index is 9.37. The minimum Gasteiger partial charge on any atom is -0.453 e. The van der Waals surface area contributed by atoms with Crippen LogP contribution >= 0.6 is 0 Å². The van der Waals surface area contributed by atoms with Gasteiger partial charge in [0.2, 0.25) is 0 Å². The van der Waals surface area contributed by atoms with Crippen molar-refractivity contribution in [2.45, 2.75) is 12.5 Å². The van der Waals surface area contributed by atoms with E-state index >= 15 is 0 Å². The Bertz CT molecular complexity index is 291. The zero-order chi connectivity index (χ0) is 12.4. The standard InChI is InChI=1S/C9H13NO.C2H5NO2/c10-9(7-11)6-8-4-2-1-3-5-8;1-5-2(3)4/h1-5,9,11H,6-7,10H2;1H3,(H2,3,4). The van der Waals surface area contributed by atoms with E-state index in [1.165, 1.54) is 12.7 Å². The van der Waals surface area contributed by atoms with Gasteiger partial charge in [-0.15, -0.1) is 0 Å². The van der Waals surface area contributed by atoms with Crippen molar-refractivity contribution in [3.05, 3.63) is 35.9 Å². The van der Waals surface area contributed by atoms with Gasteiger partial charge in [-0.3, -0.25) is 0 Å². The molecular formula is C11H18N2O3. The molecule has 0 aliphatic heterocycles. The minimum atomic E-state index is -0.745. The lowest BCUT2D eigenvalue weighted by atomic mass is 10.1. The van der Waals surface area contributed by atoms with Gasteiger partial charge in [-0.2, -0.15) is 0 Å². The molecule has 0 saturated heterocycles. The molecule has 0 aliphatic carbocycles. The highest BCUT2D eigenvalue weighted by atomic mass is 16.5. The highest BCUT2D eigenvalue weighted by molar-refractivity contribution is 5.64. The Hall–Kier alpha value is -1.59. The number of methoxy groups -OCH3 is 1. The normalized spacial score (nSPS) is 10.9. The van der Waals surface area contributed by atoms with Crippen LogP contribution in [0.1, 0.15) is 5.56 Å². The van der Waals surface area contributed by atoms with Gasteiger partial charge in [-0.05, 0) is 12.0 Å². The molecule has 0 saturated carbocycles. The number of nitrogens with two attached hydrogens (primary N) is 2. The van der Waals surface area contributed by atoms with Crippen molar-refractivity contribution in [3.63, 3.8) is 0 Å². The van der Waals surface area contributed by atoms with E-state index in [-0.39, 0.29) is 12.6 Å². The van der Waals surface area contributed by atoms with E-state index in [4.69, 9.17) is 10.8 Å². The largest absolute Gasteiger partial charge is 0.453 e. The molecular weight excluding hydrogens is 208 g/mol. The summed E-state index contributed by atoms with van der Waals surface area (Å²) < 4.78 is 3.89. The van der Waals surface area contributed by atoms with Crippen LogP contribution in [-0.2, 0) is 11.2 Å². The van der Waals surface area contributed by atoms with Crippen LogP contribution in [0.25, 0.3) is 0 Å². The number of rotatable bonds is 3. The molecule has 0 heterocycles. The third kappa shape index (κ3) is 7.78. The van der Waals surface area contributed by atoms with Crippen molar-refractivity contribution in [2.24, 2.45) is 11.5 Å².